The van der Waals surface area contributed by atoms with Gasteiger partial charge in [0.15, 0.2) is 0 Å². The van der Waals surface area contributed by atoms with Crippen LogP contribution >= 0.6 is 11.3 Å². The number of ether oxygens (including phenoxy) is 1. The van der Waals surface area contributed by atoms with Crippen molar-refractivity contribution in [2.45, 2.75) is 52.1 Å². The number of hydrogen-bond acceptors (Lipinski definition) is 5. The molecule has 34 heavy (non-hydrogen) atoms. The van der Waals surface area contributed by atoms with Crippen molar-refractivity contribution in [2.75, 3.05) is 19.0 Å². The number of nitrogens with zero attached hydrogens (tertiary/aromatic N) is 1. The van der Waals surface area contributed by atoms with Crippen LogP contribution in [0.4, 0.5) is 14.6 Å². The Morgan fingerprint density at radius 3 is 2.41 bits per heavy atom. The van der Waals surface area contributed by atoms with Crippen LogP contribution in [0.2, 0.25) is 0 Å². The number of rotatable bonds is 5. The average Bonchev–Trinajstić information content (AvgIpc) is 3.04. The van der Waals surface area contributed by atoms with Crippen LogP contribution in [0.15, 0.2) is 30.3 Å². The Balaban J connectivity index is 1.94. The summed E-state index contributed by atoms with van der Waals surface area (Å²) in [5.74, 6) is 0.324. The van der Waals surface area contributed by atoms with Gasteiger partial charge in [0.25, 0.3) is 5.91 Å². The quantitative estimate of drug-likeness (QED) is 0.488. The number of thiophene rings is 1. The lowest BCUT2D eigenvalue weighted by Crippen LogP contribution is -2.58. The maximum Gasteiger partial charge on any atom is 0.407 e. The summed E-state index contributed by atoms with van der Waals surface area (Å²) in [6, 6.07) is 7.53. The lowest BCUT2D eigenvalue weighted by molar-refractivity contribution is 0.0618. The molecule has 4 amide bonds. The third-order valence-corrected chi connectivity index (χ3v) is 7.02. The Morgan fingerprint density at radius 1 is 1.18 bits per heavy atom. The van der Waals surface area contributed by atoms with Crippen molar-refractivity contribution >= 4 is 34.4 Å². The molecular formula is C24H32N4O5S. The van der Waals surface area contributed by atoms with Crippen molar-refractivity contribution in [3.8, 4) is 16.2 Å². The van der Waals surface area contributed by atoms with E-state index in [9.17, 15) is 19.5 Å². The van der Waals surface area contributed by atoms with Crippen LogP contribution in [0.5, 0.6) is 5.75 Å². The largest absolute Gasteiger partial charge is 0.497 e. The molecule has 1 saturated heterocycles. The first kappa shape index (κ1) is 25.4. The molecule has 5 N–H and O–H groups in total. The van der Waals surface area contributed by atoms with Gasteiger partial charge in [-0.2, -0.15) is 0 Å². The fourth-order valence-corrected chi connectivity index (χ4v) is 5.57. The van der Waals surface area contributed by atoms with Crippen molar-refractivity contribution in [1.82, 2.24) is 10.2 Å². The lowest BCUT2D eigenvalue weighted by atomic mass is 9.80. The van der Waals surface area contributed by atoms with Gasteiger partial charge >= 0.3 is 12.1 Å². The zero-order valence-corrected chi connectivity index (χ0v) is 20.7. The van der Waals surface area contributed by atoms with Gasteiger partial charge in [0.1, 0.15) is 10.8 Å². The highest BCUT2D eigenvalue weighted by atomic mass is 32.1. The summed E-state index contributed by atoms with van der Waals surface area (Å²) in [7, 11) is 1.58. The number of primary amides is 1. The van der Waals surface area contributed by atoms with Crippen molar-refractivity contribution in [2.24, 2.45) is 11.1 Å². The highest BCUT2D eigenvalue weighted by Crippen LogP contribution is 2.37. The van der Waals surface area contributed by atoms with Gasteiger partial charge in [-0.05, 0) is 60.6 Å². The van der Waals surface area contributed by atoms with E-state index in [1.165, 1.54) is 16.2 Å². The second kappa shape index (κ2) is 10.3. The molecule has 0 saturated carbocycles. The molecular weight excluding hydrogens is 456 g/mol. The van der Waals surface area contributed by atoms with Gasteiger partial charge in [0, 0.05) is 11.4 Å². The molecule has 1 fully saturated rings. The van der Waals surface area contributed by atoms with E-state index in [4.69, 9.17) is 10.5 Å². The number of anilines is 1. The minimum atomic E-state index is -0.991. The van der Waals surface area contributed by atoms with Crippen molar-refractivity contribution in [3.63, 3.8) is 0 Å². The first-order valence-electron chi connectivity index (χ1n) is 11.2. The maximum absolute atomic E-state index is 13.4. The summed E-state index contributed by atoms with van der Waals surface area (Å²) < 4.78 is 5.20. The zero-order chi connectivity index (χ0) is 25.0. The van der Waals surface area contributed by atoms with E-state index in [0.717, 1.165) is 23.3 Å². The number of hydrogen-bond donors (Lipinski definition) is 4. The molecule has 1 unspecified atom stereocenters. The number of nitrogens with one attached hydrogen (secondary N) is 2. The maximum atomic E-state index is 13.4. The zero-order valence-electron chi connectivity index (χ0n) is 19.9. The normalized spacial score (nSPS) is 18.6. The Bertz CT molecular complexity index is 1040. The number of carbonyl (C=O) groups excluding carboxylic acids is 2. The fourth-order valence-electron chi connectivity index (χ4n) is 4.51. The summed E-state index contributed by atoms with van der Waals surface area (Å²) in [5, 5.41) is 15.8. The Morgan fingerprint density at radius 2 is 1.85 bits per heavy atom. The van der Waals surface area contributed by atoms with Gasteiger partial charge in [-0.1, -0.05) is 20.8 Å². The number of amides is 4. The number of methoxy groups -OCH3 is 1. The van der Waals surface area contributed by atoms with Gasteiger partial charge in [-0.3, -0.25) is 10.1 Å². The predicted octanol–water partition coefficient (Wildman–Crippen LogP) is 4.59. The smallest absolute Gasteiger partial charge is 0.407 e. The lowest BCUT2D eigenvalue weighted by Gasteiger charge is -2.42. The molecule has 0 aliphatic carbocycles. The first-order chi connectivity index (χ1) is 16.0. The topological polar surface area (TPSA) is 134 Å². The number of carboxylic acid groups (broad SMARTS) is 1. The van der Waals surface area contributed by atoms with Gasteiger partial charge in [-0.15, -0.1) is 11.3 Å². The van der Waals surface area contributed by atoms with E-state index in [0.29, 0.717) is 23.7 Å². The predicted molar refractivity (Wildman–Crippen MR) is 133 cm³/mol. The van der Waals surface area contributed by atoms with Gasteiger partial charge in [-0.25, -0.2) is 9.59 Å². The number of nitrogens with two attached hydrogens (primary N) is 1. The van der Waals surface area contributed by atoms with E-state index in [-0.39, 0.29) is 17.5 Å². The van der Waals surface area contributed by atoms with Crippen LogP contribution < -0.4 is 21.1 Å². The van der Waals surface area contributed by atoms with Gasteiger partial charge in [0.2, 0.25) is 0 Å². The molecule has 9 nitrogen and oxygen atoms in total. The van der Waals surface area contributed by atoms with Crippen LogP contribution in [0.1, 0.15) is 50.4 Å². The highest BCUT2D eigenvalue weighted by Gasteiger charge is 2.41. The van der Waals surface area contributed by atoms with Crippen molar-refractivity contribution in [3.05, 3.63) is 35.9 Å². The van der Waals surface area contributed by atoms with E-state index in [1.54, 1.807) is 13.2 Å². The van der Waals surface area contributed by atoms with E-state index in [2.05, 4.69) is 10.6 Å². The Labute approximate surface area is 203 Å². The summed E-state index contributed by atoms with van der Waals surface area (Å²) in [4.78, 5) is 39.3. The Hall–Kier alpha value is -3.27. The minimum Gasteiger partial charge on any atom is -0.497 e. The molecule has 2 atom stereocenters. The summed E-state index contributed by atoms with van der Waals surface area (Å²) in [6.45, 7) is 6.36. The third kappa shape index (κ3) is 5.80. The molecule has 1 aromatic heterocycles. The molecule has 3 rings (SSSR count). The van der Waals surface area contributed by atoms with Crippen LogP contribution in [0, 0.1) is 5.41 Å². The summed E-state index contributed by atoms with van der Waals surface area (Å²) >= 11 is 1.24. The standard InChI is InChI=1S/C24H32N4O5S/c1-24(2,3)19-17(7-5-6-12-28(19)23(31)32)26-20(29)16-13-18(34-21(16)27-22(25)30)14-8-10-15(33-4)11-9-14/h8-11,13,17,19H,5-7,12H2,1-4H3,(H,26,29)(H,31,32)(H3,25,27,30)/t17-,19?/m0/s1. The van der Waals surface area contributed by atoms with E-state index in [1.807, 2.05) is 45.0 Å². The van der Waals surface area contributed by atoms with E-state index >= 15 is 0 Å². The number of likely N-dealkylation sites (tertiary alicyclic amines) is 1. The van der Waals surface area contributed by atoms with Crippen LogP contribution in [-0.4, -0.2) is 53.8 Å². The molecule has 1 aromatic carbocycles. The summed E-state index contributed by atoms with van der Waals surface area (Å²) in [5.41, 5.74) is 6.10. The van der Waals surface area contributed by atoms with Crippen LogP contribution in [0.25, 0.3) is 10.4 Å². The molecule has 1 aliphatic rings. The molecule has 1 aliphatic heterocycles. The number of carbonyl (C=O) groups is 3. The molecule has 2 heterocycles. The number of urea groups is 1. The van der Waals surface area contributed by atoms with Gasteiger partial charge < -0.3 is 25.8 Å². The van der Waals surface area contributed by atoms with Gasteiger partial charge in [0.05, 0.1) is 24.8 Å². The van der Waals surface area contributed by atoms with Crippen molar-refractivity contribution < 1.29 is 24.2 Å². The Kier molecular flexibility index (Phi) is 7.71. The molecule has 184 valence electrons. The molecule has 0 bridgehead atoms. The minimum absolute atomic E-state index is 0.286. The third-order valence-electron chi connectivity index (χ3n) is 5.92. The molecule has 2 aromatic rings. The van der Waals surface area contributed by atoms with Crippen LogP contribution in [0.3, 0.4) is 0 Å². The second-order valence-electron chi connectivity index (χ2n) is 9.43. The number of benzene rings is 1. The molecule has 0 radical (unpaired) electrons. The molecule has 10 heteroatoms. The average molecular weight is 489 g/mol. The molecule has 0 spiro atoms. The fraction of sp³-hybridized carbons (Fsp3) is 0.458. The second-order valence-corrected chi connectivity index (χ2v) is 10.5. The summed E-state index contributed by atoms with van der Waals surface area (Å²) in [6.07, 6.45) is 1.20. The van der Waals surface area contributed by atoms with E-state index < -0.39 is 23.6 Å². The monoisotopic (exact) mass is 488 g/mol. The van der Waals surface area contributed by atoms with Crippen molar-refractivity contribution in [1.29, 1.82) is 0 Å². The first-order valence-corrected chi connectivity index (χ1v) is 12.0. The highest BCUT2D eigenvalue weighted by molar-refractivity contribution is 7.20. The van der Waals surface area contributed by atoms with Crippen LogP contribution in [-0.2, 0) is 0 Å². The SMILES string of the molecule is COc1ccc(-c2cc(C(=O)N[C@H]3CCCCN(C(=O)O)C3C(C)(C)C)c(NC(N)=O)s2)cc1.